The van der Waals surface area contributed by atoms with E-state index >= 15 is 0 Å². The first kappa shape index (κ1) is 20.3. The van der Waals surface area contributed by atoms with Crippen LogP contribution in [0, 0.1) is 19.4 Å². The summed E-state index contributed by atoms with van der Waals surface area (Å²) in [5, 5.41) is 1.87. The summed E-state index contributed by atoms with van der Waals surface area (Å²) in [7, 11) is 1.88. The number of hydrogen-bond donors (Lipinski definition) is 0. The highest BCUT2D eigenvalue weighted by atomic mass is 16.3. The Morgan fingerprint density at radius 2 is 1.64 bits per heavy atom. The van der Waals surface area contributed by atoms with Crippen molar-refractivity contribution in [2.24, 2.45) is 13.0 Å². The molecule has 0 spiro atoms. The molecule has 0 aliphatic rings. The number of furan rings is 1. The fourth-order valence-corrected chi connectivity index (χ4v) is 4.88. The van der Waals surface area contributed by atoms with Crippen molar-refractivity contribution in [3.8, 4) is 22.4 Å². The van der Waals surface area contributed by atoms with E-state index in [2.05, 4.69) is 55.1 Å². The van der Waals surface area contributed by atoms with Gasteiger partial charge in [-0.05, 0) is 47.4 Å². The molecule has 0 radical (unpaired) electrons. The van der Waals surface area contributed by atoms with E-state index < -0.39 is 6.37 Å². The molecule has 0 aliphatic carbocycles. The second kappa shape index (κ2) is 9.28. The van der Waals surface area contributed by atoms with Gasteiger partial charge in [0.15, 0.2) is 11.9 Å². The third-order valence-corrected chi connectivity index (χ3v) is 6.76. The Morgan fingerprint density at radius 3 is 2.28 bits per heavy atom. The fraction of sp³-hybridized carbons (Fsp3) is 0.273. The topological polar surface area (TPSA) is 21.4 Å². The number of pyridine rings is 1. The first-order chi connectivity index (χ1) is 18.4. The molecule has 0 aliphatic heterocycles. The summed E-state index contributed by atoms with van der Waals surface area (Å²) in [6.07, 6.45) is 0.0141. The number of aromatic nitrogens is 1. The van der Waals surface area contributed by atoms with Crippen LogP contribution in [0.25, 0.3) is 49.2 Å². The SMILES string of the molecule is [2H]c1c[n+](C)c(-c2c(C)ccc3c2oc2c(-c4ccc(C(C)C)cc4)c([N+]#[C-])ccc23)cc1C([2H])([2H])C(C)C. The molecule has 0 atom stereocenters. The van der Waals surface area contributed by atoms with E-state index in [9.17, 15) is 0 Å². The molecule has 2 heterocycles. The molecule has 3 heteroatoms. The Balaban J connectivity index is 1.83. The summed E-state index contributed by atoms with van der Waals surface area (Å²) in [6, 6.07) is 18.2. The predicted molar refractivity (Wildman–Crippen MR) is 149 cm³/mol. The van der Waals surface area contributed by atoms with Gasteiger partial charge in [0, 0.05) is 31.2 Å². The van der Waals surface area contributed by atoms with Crippen molar-refractivity contribution in [2.75, 3.05) is 0 Å². The van der Waals surface area contributed by atoms with Crippen LogP contribution in [0.5, 0.6) is 0 Å². The van der Waals surface area contributed by atoms with Gasteiger partial charge < -0.3 is 4.42 Å². The Hall–Kier alpha value is -3.90. The molecule has 2 aromatic heterocycles. The van der Waals surface area contributed by atoms with Crippen molar-refractivity contribution < 1.29 is 13.1 Å². The first-order valence-electron chi connectivity index (χ1n) is 13.9. The van der Waals surface area contributed by atoms with Crippen LogP contribution in [-0.2, 0) is 13.4 Å². The number of aryl methyl sites for hydroxylation is 2. The molecule has 0 fully saturated rings. The van der Waals surface area contributed by atoms with Gasteiger partial charge in [-0.3, -0.25) is 0 Å². The zero-order chi connectivity index (χ0) is 28.2. The summed E-state index contributed by atoms with van der Waals surface area (Å²) in [5.74, 6) is 0.122. The second-order valence-electron chi connectivity index (χ2n) is 10.1. The largest absolute Gasteiger partial charge is 0.456 e. The highest BCUT2D eigenvalue weighted by Gasteiger charge is 2.23. The van der Waals surface area contributed by atoms with Crippen molar-refractivity contribution in [2.45, 2.75) is 46.9 Å². The van der Waals surface area contributed by atoms with Crippen LogP contribution in [-0.4, -0.2) is 0 Å². The average molecular weight is 477 g/mol. The quantitative estimate of drug-likeness (QED) is 0.183. The lowest BCUT2D eigenvalue weighted by Gasteiger charge is -2.09. The van der Waals surface area contributed by atoms with Crippen molar-refractivity contribution in [1.82, 2.24) is 0 Å². The molecule has 3 nitrogen and oxygen atoms in total. The minimum absolute atomic E-state index is 0.170. The summed E-state index contributed by atoms with van der Waals surface area (Å²) in [5.41, 5.74) is 7.83. The van der Waals surface area contributed by atoms with E-state index in [1.807, 2.05) is 44.5 Å². The van der Waals surface area contributed by atoms with Gasteiger partial charge in [0.2, 0.25) is 5.69 Å². The van der Waals surface area contributed by atoms with Crippen LogP contribution in [0.1, 0.15) is 54.4 Å². The number of benzene rings is 3. The van der Waals surface area contributed by atoms with Crippen LogP contribution in [0.2, 0.25) is 0 Å². The highest BCUT2D eigenvalue weighted by Crippen LogP contribution is 2.44. The van der Waals surface area contributed by atoms with Gasteiger partial charge >= 0.3 is 0 Å². The van der Waals surface area contributed by atoms with Crippen molar-refractivity contribution >= 4 is 27.6 Å². The average Bonchev–Trinajstić information content (AvgIpc) is 3.27. The first-order valence-corrected chi connectivity index (χ1v) is 12.4. The highest BCUT2D eigenvalue weighted by molar-refractivity contribution is 6.15. The normalized spacial score (nSPS) is 13.2. The predicted octanol–water partition coefficient (Wildman–Crippen LogP) is 8.93. The van der Waals surface area contributed by atoms with Crippen molar-refractivity contribution in [3.05, 3.63) is 94.9 Å². The molecule has 36 heavy (non-hydrogen) atoms. The lowest BCUT2D eigenvalue weighted by molar-refractivity contribution is -0.660. The molecule has 3 aromatic carbocycles. The summed E-state index contributed by atoms with van der Waals surface area (Å²) >= 11 is 0. The Labute approximate surface area is 218 Å². The minimum Gasteiger partial charge on any atom is -0.456 e. The molecule has 0 bridgehead atoms. The van der Waals surface area contributed by atoms with Gasteiger partial charge in [0.05, 0.1) is 13.5 Å². The Kier molecular flexibility index (Phi) is 5.24. The number of hydrogen-bond acceptors (Lipinski definition) is 1. The van der Waals surface area contributed by atoms with Crippen molar-refractivity contribution in [3.63, 3.8) is 0 Å². The Bertz CT molecular complexity index is 1770. The van der Waals surface area contributed by atoms with Crippen LogP contribution in [0.4, 0.5) is 5.69 Å². The van der Waals surface area contributed by atoms with E-state index in [0.29, 0.717) is 28.3 Å². The van der Waals surface area contributed by atoms with Gasteiger partial charge in [-0.25, -0.2) is 9.41 Å². The Morgan fingerprint density at radius 1 is 0.972 bits per heavy atom. The van der Waals surface area contributed by atoms with Gasteiger partial charge in [0.1, 0.15) is 18.2 Å². The second-order valence-corrected chi connectivity index (χ2v) is 10.1. The van der Waals surface area contributed by atoms with Crippen molar-refractivity contribution in [1.29, 1.82) is 0 Å². The zero-order valence-corrected chi connectivity index (χ0v) is 21.7. The van der Waals surface area contributed by atoms with Gasteiger partial charge in [-0.2, -0.15) is 0 Å². The zero-order valence-electron chi connectivity index (χ0n) is 24.7. The summed E-state index contributed by atoms with van der Waals surface area (Å²) in [6.45, 7) is 17.9. The molecule has 5 rings (SSSR count). The molecule has 0 N–H and O–H groups in total. The van der Waals surface area contributed by atoms with Gasteiger partial charge in [-0.15, -0.1) is 0 Å². The van der Waals surface area contributed by atoms with Crippen LogP contribution >= 0.6 is 0 Å². The molecule has 5 aromatic rings. The number of fused-ring (bicyclic) bond motifs is 3. The minimum atomic E-state index is -1.66. The standard InChI is InChI=1S/C33H33N2O/c1-20(2)18-23-16-17-35(7)29(19-23)30-22(5)8-13-26-27-14-15-28(34-6)31(33(27)36-32(26)30)25-11-9-24(10-12-25)21(3)4/h8-17,19-21H,18H2,1-5,7H3/q+1/i16D,18D2. The number of nitrogens with zero attached hydrogens (tertiary/aromatic N) is 2. The molecule has 0 amide bonds. The molecule has 0 unspecified atom stereocenters. The van der Waals surface area contributed by atoms with E-state index in [-0.39, 0.29) is 12.0 Å². The van der Waals surface area contributed by atoms with E-state index in [1.165, 1.54) is 5.56 Å². The molecule has 180 valence electrons. The smallest absolute Gasteiger partial charge is 0.216 e. The maximum absolute atomic E-state index is 8.69. The molecule has 0 saturated heterocycles. The molecular weight excluding hydrogens is 440 g/mol. The third-order valence-electron chi connectivity index (χ3n) is 6.76. The summed E-state index contributed by atoms with van der Waals surface area (Å²) < 4.78 is 34.5. The van der Waals surface area contributed by atoms with Crippen LogP contribution in [0.3, 0.4) is 0 Å². The number of rotatable bonds is 5. The van der Waals surface area contributed by atoms with Gasteiger partial charge in [0.25, 0.3) is 0 Å². The molecular formula is C33H33N2O+. The fourth-order valence-electron chi connectivity index (χ4n) is 4.88. The maximum atomic E-state index is 8.69. The lowest BCUT2D eigenvalue weighted by atomic mass is 9.95. The maximum Gasteiger partial charge on any atom is 0.216 e. The van der Waals surface area contributed by atoms with Crippen LogP contribution in [0.15, 0.2) is 71.3 Å². The molecule has 0 saturated carbocycles. The monoisotopic (exact) mass is 476 g/mol. The summed E-state index contributed by atoms with van der Waals surface area (Å²) in [4.78, 5) is 3.83. The van der Waals surface area contributed by atoms with E-state index in [4.69, 9.17) is 15.1 Å². The van der Waals surface area contributed by atoms with E-state index in [0.717, 1.165) is 38.7 Å². The lowest BCUT2D eigenvalue weighted by Crippen LogP contribution is -2.31. The third kappa shape index (κ3) is 4.07. The van der Waals surface area contributed by atoms with Crippen LogP contribution < -0.4 is 4.57 Å². The van der Waals surface area contributed by atoms with Gasteiger partial charge in [-0.1, -0.05) is 76.2 Å². The van der Waals surface area contributed by atoms with E-state index in [1.54, 1.807) is 12.3 Å².